The molecule has 4 amide bonds. The summed E-state index contributed by atoms with van der Waals surface area (Å²) in [6.07, 6.45) is 21.3. The van der Waals surface area contributed by atoms with Gasteiger partial charge in [-0.05, 0) is 70.2 Å². The molecular formula is C38H58N6O4S. The molecule has 49 heavy (non-hydrogen) atoms. The molecule has 0 radical (unpaired) electrons. The van der Waals surface area contributed by atoms with Gasteiger partial charge in [-0.25, -0.2) is 10.3 Å². The monoisotopic (exact) mass is 694 g/mol. The second kappa shape index (κ2) is 20.0. The van der Waals surface area contributed by atoms with Crippen LogP contribution in [0.3, 0.4) is 0 Å². The van der Waals surface area contributed by atoms with Crippen LogP contribution in [-0.4, -0.2) is 83.6 Å². The fraction of sp³-hybridized carbons (Fsp3) is 0.658. The maximum Gasteiger partial charge on any atom is 0.315 e. The van der Waals surface area contributed by atoms with E-state index in [9.17, 15) is 14.4 Å². The van der Waals surface area contributed by atoms with E-state index in [1.54, 1.807) is 0 Å². The maximum atomic E-state index is 12.1. The van der Waals surface area contributed by atoms with E-state index in [0.29, 0.717) is 24.3 Å². The van der Waals surface area contributed by atoms with E-state index in [4.69, 9.17) is 4.84 Å². The highest BCUT2D eigenvalue weighted by atomic mass is 32.2. The summed E-state index contributed by atoms with van der Waals surface area (Å²) in [5.41, 5.74) is 6.55. The largest absolute Gasteiger partial charge is 0.361 e. The number of hydrogen-bond donors (Lipinski definition) is 5. The summed E-state index contributed by atoms with van der Waals surface area (Å²) in [5.74, 6) is 0.748. The van der Waals surface area contributed by atoms with Crippen molar-refractivity contribution in [2.24, 2.45) is 0 Å². The first-order valence-electron chi connectivity index (χ1n) is 18.8. The van der Waals surface area contributed by atoms with E-state index in [2.05, 4.69) is 74.9 Å². The second-order valence-corrected chi connectivity index (χ2v) is 15.3. The first-order valence-corrected chi connectivity index (χ1v) is 19.8. The van der Waals surface area contributed by atoms with E-state index < -0.39 is 0 Å². The number of urea groups is 1. The molecule has 2 fully saturated rings. The lowest BCUT2D eigenvalue weighted by atomic mass is 9.90. The summed E-state index contributed by atoms with van der Waals surface area (Å²) in [5, 5.41) is 10.7. The van der Waals surface area contributed by atoms with Gasteiger partial charge in [0.25, 0.3) is 0 Å². The van der Waals surface area contributed by atoms with Crippen LogP contribution in [0.5, 0.6) is 0 Å². The van der Waals surface area contributed by atoms with E-state index in [1.165, 1.54) is 73.5 Å². The molecule has 0 bridgehead atoms. The molecule has 3 aliphatic rings. The summed E-state index contributed by atoms with van der Waals surface area (Å²) >= 11 is 1.89. The molecule has 4 unspecified atom stereocenters. The summed E-state index contributed by atoms with van der Waals surface area (Å²) in [7, 11) is 2.30. The van der Waals surface area contributed by atoms with Crippen LogP contribution in [0.4, 0.5) is 4.79 Å². The predicted octanol–water partition coefficient (Wildman–Crippen LogP) is 6.44. The van der Waals surface area contributed by atoms with Crippen LogP contribution in [-0.2, 0) is 14.4 Å². The van der Waals surface area contributed by atoms with Gasteiger partial charge in [0.2, 0.25) is 11.8 Å². The number of carbonyl (C=O) groups is 3. The van der Waals surface area contributed by atoms with Crippen molar-refractivity contribution in [2.45, 2.75) is 126 Å². The smallest absolute Gasteiger partial charge is 0.315 e. The number of H-pyrrole nitrogens is 1. The van der Waals surface area contributed by atoms with Gasteiger partial charge in [0.1, 0.15) is 0 Å². The highest BCUT2D eigenvalue weighted by molar-refractivity contribution is 8.00. The van der Waals surface area contributed by atoms with Crippen LogP contribution in [0.15, 0.2) is 36.5 Å². The van der Waals surface area contributed by atoms with Gasteiger partial charge in [0, 0.05) is 52.7 Å². The number of fused-ring (bicyclic) bond motifs is 2. The molecule has 2 saturated heterocycles. The normalized spacial score (nSPS) is 21.8. The summed E-state index contributed by atoms with van der Waals surface area (Å²) < 4.78 is 0. The quantitative estimate of drug-likeness (QED) is 0.0549. The lowest BCUT2D eigenvalue weighted by Crippen LogP contribution is -2.36. The zero-order chi connectivity index (χ0) is 34.3. The minimum Gasteiger partial charge on any atom is -0.361 e. The lowest BCUT2D eigenvalue weighted by molar-refractivity contribution is -0.135. The van der Waals surface area contributed by atoms with Crippen molar-refractivity contribution in [3.63, 3.8) is 0 Å². The Balaban J connectivity index is 0.772. The average molecular weight is 695 g/mol. The van der Waals surface area contributed by atoms with Gasteiger partial charge in [-0.2, -0.15) is 11.8 Å². The number of allylic oxidation sites excluding steroid dienone is 1. The molecule has 1 aliphatic carbocycles. The van der Waals surface area contributed by atoms with Crippen LogP contribution in [0.2, 0.25) is 0 Å². The summed E-state index contributed by atoms with van der Waals surface area (Å²) in [6.45, 7) is 2.05. The Hall–Kier alpha value is -3.02. The number of unbranched alkanes of at least 4 members (excludes halogenated alkanes) is 8. The number of hydrogen-bond acceptors (Lipinski definition) is 6. The van der Waals surface area contributed by atoms with Crippen LogP contribution in [0.25, 0.3) is 16.5 Å². The number of para-hydroxylation sites is 1. The fourth-order valence-corrected chi connectivity index (χ4v) is 8.99. The third-order valence-electron chi connectivity index (χ3n) is 10.4. The van der Waals surface area contributed by atoms with Crippen molar-refractivity contribution in [1.29, 1.82) is 0 Å². The molecule has 11 heteroatoms. The fourth-order valence-electron chi connectivity index (χ4n) is 7.45. The zero-order valence-corrected chi connectivity index (χ0v) is 30.2. The Morgan fingerprint density at radius 2 is 1.76 bits per heavy atom. The van der Waals surface area contributed by atoms with Crippen molar-refractivity contribution in [3.05, 3.63) is 42.1 Å². The number of aromatic amines is 1. The Morgan fingerprint density at radius 3 is 2.57 bits per heavy atom. The van der Waals surface area contributed by atoms with Gasteiger partial charge in [0.05, 0.1) is 25.1 Å². The maximum absolute atomic E-state index is 12.1. The van der Waals surface area contributed by atoms with Gasteiger partial charge in [-0.15, -0.1) is 0 Å². The Bertz CT molecular complexity index is 1380. The molecule has 5 rings (SSSR count). The van der Waals surface area contributed by atoms with Crippen LogP contribution >= 0.6 is 11.8 Å². The van der Waals surface area contributed by atoms with Crippen LogP contribution in [0, 0.1) is 0 Å². The molecule has 1 aromatic heterocycles. The lowest BCUT2D eigenvalue weighted by Gasteiger charge is -2.30. The number of hydroxylamine groups is 1. The van der Waals surface area contributed by atoms with Crippen molar-refractivity contribution in [1.82, 2.24) is 31.3 Å². The Kier molecular flexibility index (Phi) is 15.2. The first-order chi connectivity index (χ1) is 24.0. The molecule has 270 valence electrons. The molecule has 0 saturated carbocycles. The van der Waals surface area contributed by atoms with Gasteiger partial charge in [0.15, 0.2) is 0 Å². The summed E-state index contributed by atoms with van der Waals surface area (Å²) in [4.78, 5) is 46.8. The van der Waals surface area contributed by atoms with Gasteiger partial charge in [-0.3, -0.25) is 14.4 Å². The van der Waals surface area contributed by atoms with Gasteiger partial charge < -0.3 is 25.8 Å². The van der Waals surface area contributed by atoms with Crippen LogP contribution in [0.1, 0.15) is 108 Å². The van der Waals surface area contributed by atoms with Crippen molar-refractivity contribution in [3.8, 4) is 0 Å². The topological polar surface area (TPSA) is 128 Å². The minimum atomic E-state index is -0.158. The van der Waals surface area contributed by atoms with Crippen molar-refractivity contribution < 1.29 is 19.2 Å². The number of aromatic nitrogens is 1. The average Bonchev–Trinajstić information content (AvgIpc) is 3.82. The third kappa shape index (κ3) is 11.8. The molecule has 1 aromatic carbocycles. The summed E-state index contributed by atoms with van der Waals surface area (Å²) in [6, 6.07) is 9.61. The number of thioether (sulfide) groups is 1. The van der Waals surface area contributed by atoms with E-state index in [0.717, 1.165) is 50.7 Å². The number of amides is 4. The Labute approximate surface area is 296 Å². The molecule has 0 spiro atoms. The highest BCUT2D eigenvalue weighted by Gasteiger charge is 2.42. The Morgan fingerprint density at radius 1 is 0.959 bits per heavy atom. The van der Waals surface area contributed by atoms with Gasteiger partial charge in [-0.1, -0.05) is 69.2 Å². The second-order valence-electron chi connectivity index (χ2n) is 14.1. The van der Waals surface area contributed by atoms with E-state index >= 15 is 0 Å². The number of rotatable bonds is 22. The highest BCUT2D eigenvalue weighted by Crippen LogP contribution is 2.34. The number of benzene rings is 1. The molecule has 3 heterocycles. The standard InChI is InChI=1S/C38H58N6O4S/c1-44(29-20-18-28(19-21-29)31-26-40-32-15-9-8-14-30(31)32)24-13-7-5-3-2-4-6-12-23-39-35(45)22-25-48-43-36(46)17-11-10-16-34-37-33(27-49-34)41-38(47)42-37/h8-9,14-15,18,26,29,33-34,37,40H,2-7,10-13,16-17,19-25,27H2,1H3,(H,39,45)(H,43,46)(H2,41,42,47). The molecular weight excluding hydrogens is 637 g/mol. The predicted molar refractivity (Wildman–Crippen MR) is 199 cm³/mol. The molecule has 2 aliphatic heterocycles. The molecule has 4 atom stereocenters. The van der Waals surface area contributed by atoms with E-state index in [1.807, 2.05) is 11.8 Å². The SMILES string of the molecule is CN(CCCCCCCCCCNC(=O)CCONC(=O)CCCCC1SCC2NC(=O)NC21)C1CC=C(c2c[nH]c3ccccc23)CC1. The molecule has 5 N–H and O–H groups in total. The molecule has 2 aromatic rings. The zero-order valence-electron chi connectivity index (χ0n) is 29.4. The number of nitrogens with zero attached hydrogens (tertiary/aromatic N) is 1. The first kappa shape index (κ1) is 37.2. The molecule has 10 nitrogen and oxygen atoms in total. The van der Waals surface area contributed by atoms with Gasteiger partial charge >= 0.3 is 6.03 Å². The number of nitrogens with one attached hydrogen (secondary N) is 5. The van der Waals surface area contributed by atoms with Crippen LogP contribution < -0.4 is 21.4 Å². The minimum absolute atomic E-state index is 0.0425. The van der Waals surface area contributed by atoms with E-state index in [-0.39, 0.29) is 43.0 Å². The van der Waals surface area contributed by atoms with Crippen molar-refractivity contribution in [2.75, 3.05) is 32.5 Å². The third-order valence-corrected chi connectivity index (χ3v) is 11.9. The number of carbonyl (C=O) groups excluding carboxylic acids is 3. The van der Waals surface area contributed by atoms with Crippen molar-refractivity contribution >= 4 is 46.1 Å².